The number of nitrogens with zero attached hydrogens (tertiary/aromatic N) is 1. The maximum Gasteiger partial charge on any atom is 0.307 e. The number of amides is 1. The fourth-order valence-corrected chi connectivity index (χ4v) is 2.74. The predicted molar refractivity (Wildman–Crippen MR) is 74.9 cm³/mol. The van der Waals surface area contributed by atoms with Crippen molar-refractivity contribution in [2.24, 2.45) is 11.8 Å². The molecule has 21 heavy (non-hydrogen) atoms. The monoisotopic (exact) mass is 292 g/mol. The molecular weight excluding hydrogens is 276 g/mol. The van der Waals surface area contributed by atoms with Crippen LogP contribution in [0.1, 0.15) is 24.8 Å². The predicted octanol–water partition coefficient (Wildman–Crippen LogP) is 2.34. The van der Waals surface area contributed by atoms with Crippen molar-refractivity contribution in [3.8, 4) is 0 Å². The van der Waals surface area contributed by atoms with Crippen molar-refractivity contribution in [2.75, 3.05) is 5.32 Å². The molecule has 1 fully saturated rings. The Balaban J connectivity index is 2.11. The number of carboxylic acids is 1. The van der Waals surface area contributed by atoms with Crippen LogP contribution in [0.4, 0.5) is 11.4 Å². The second kappa shape index (κ2) is 5.90. The second-order valence-electron chi connectivity index (χ2n) is 5.23. The molecule has 2 N–H and O–H groups in total. The van der Waals surface area contributed by atoms with Crippen molar-refractivity contribution >= 4 is 23.3 Å². The van der Waals surface area contributed by atoms with E-state index in [1.807, 2.05) is 0 Å². The third-order valence-corrected chi connectivity index (χ3v) is 3.83. The van der Waals surface area contributed by atoms with Gasteiger partial charge in [0.15, 0.2) is 0 Å². The van der Waals surface area contributed by atoms with E-state index in [9.17, 15) is 19.7 Å². The van der Waals surface area contributed by atoms with Crippen LogP contribution >= 0.6 is 0 Å². The lowest BCUT2D eigenvalue weighted by Crippen LogP contribution is -2.30. The van der Waals surface area contributed by atoms with Gasteiger partial charge in [-0.2, -0.15) is 0 Å². The van der Waals surface area contributed by atoms with Crippen LogP contribution in [0.3, 0.4) is 0 Å². The summed E-state index contributed by atoms with van der Waals surface area (Å²) < 4.78 is 0. The van der Waals surface area contributed by atoms with Crippen LogP contribution in [0.15, 0.2) is 18.2 Å². The Morgan fingerprint density at radius 2 is 2.00 bits per heavy atom. The number of hydrogen-bond acceptors (Lipinski definition) is 4. The van der Waals surface area contributed by atoms with Crippen molar-refractivity contribution < 1.29 is 19.6 Å². The molecule has 0 spiro atoms. The van der Waals surface area contributed by atoms with E-state index >= 15 is 0 Å². The lowest BCUT2D eigenvalue weighted by molar-refractivity contribution is -0.385. The largest absolute Gasteiger partial charge is 0.481 e. The Hall–Kier alpha value is -2.44. The third kappa shape index (κ3) is 3.18. The maximum atomic E-state index is 12.2. The van der Waals surface area contributed by atoms with E-state index in [-0.39, 0.29) is 11.6 Å². The standard InChI is InChI=1S/C14H16N2O5/c1-8-7-9(5-6-12(8)16(20)21)15-13(17)10-3-2-4-11(10)14(18)19/h5-7,10-11H,2-4H2,1H3,(H,15,17)(H,18,19)/t10-,11+/m1/s1. The molecule has 1 amide bonds. The van der Waals surface area contributed by atoms with Gasteiger partial charge in [0, 0.05) is 17.3 Å². The molecule has 0 aromatic heterocycles. The van der Waals surface area contributed by atoms with Crippen LogP contribution in [0.25, 0.3) is 0 Å². The average molecular weight is 292 g/mol. The number of aryl methyl sites for hydroxylation is 1. The van der Waals surface area contributed by atoms with Crippen LogP contribution in [0, 0.1) is 28.9 Å². The summed E-state index contributed by atoms with van der Waals surface area (Å²) >= 11 is 0. The molecular formula is C14H16N2O5. The van der Waals surface area contributed by atoms with E-state index in [0.29, 0.717) is 30.5 Å². The molecule has 0 bridgehead atoms. The minimum Gasteiger partial charge on any atom is -0.481 e. The first kappa shape index (κ1) is 15.0. The second-order valence-corrected chi connectivity index (χ2v) is 5.23. The van der Waals surface area contributed by atoms with Crippen LogP contribution in [-0.4, -0.2) is 21.9 Å². The minimum absolute atomic E-state index is 0.0164. The van der Waals surface area contributed by atoms with Gasteiger partial charge in [-0.15, -0.1) is 0 Å². The first-order chi connectivity index (χ1) is 9.90. The Morgan fingerprint density at radius 3 is 2.57 bits per heavy atom. The number of carbonyl (C=O) groups is 2. The van der Waals surface area contributed by atoms with E-state index in [1.54, 1.807) is 6.92 Å². The van der Waals surface area contributed by atoms with Crippen molar-refractivity contribution in [3.63, 3.8) is 0 Å². The van der Waals surface area contributed by atoms with Crippen LogP contribution in [-0.2, 0) is 9.59 Å². The van der Waals surface area contributed by atoms with Gasteiger partial charge in [0.2, 0.25) is 5.91 Å². The van der Waals surface area contributed by atoms with Crippen molar-refractivity contribution in [3.05, 3.63) is 33.9 Å². The van der Waals surface area contributed by atoms with Gasteiger partial charge in [0.05, 0.1) is 16.8 Å². The highest BCUT2D eigenvalue weighted by Crippen LogP contribution is 2.33. The molecule has 0 radical (unpaired) electrons. The van der Waals surface area contributed by atoms with E-state index < -0.39 is 22.7 Å². The molecule has 0 unspecified atom stereocenters. The van der Waals surface area contributed by atoms with Gasteiger partial charge in [-0.25, -0.2) is 0 Å². The molecule has 0 saturated heterocycles. The van der Waals surface area contributed by atoms with Gasteiger partial charge in [-0.05, 0) is 31.9 Å². The fourth-order valence-electron chi connectivity index (χ4n) is 2.74. The van der Waals surface area contributed by atoms with Crippen molar-refractivity contribution in [1.82, 2.24) is 0 Å². The highest BCUT2D eigenvalue weighted by atomic mass is 16.6. The zero-order valence-electron chi connectivity index (χ0n) is 11.5. The van der Waals surface area contributed by atoms with E-state index in [0.717, 1.165) is 0 Å². The molecule has 7 nitrogen and oxygen atoms in total. The first-order valence-corrected chi connectivity index (χ1v) is 6.69. The molecule has 1 aromatic rings. The summed E-state index contributed by atoms with van der Waals surface area (Å²) in [6.45, 7) is 1.59. The molecule has 2 rings (SSSR count). The topological polar surface area (TPSA) is 110 Å². The van der Waals surface area contributed by atoms with Crippen LogP contribution < -0.4 is 5.32 Å². The number of nitro groups is 1. The Bertz CT molecular complexity index is 599. The number of anilines is 1. The molecule has 1 aromatic carbocycles. The number of hydrogen-bond donors (Lipinski definition) is 2. The average Bonchev–Trinajstić information content (AvgIpc) is 2.87. The number of nitrogens with one attached hydrogen (secondary N) is 1. The number of carbonyl (C=O) groups excluding carboxylic acids is 1. The van der Waals surface area contributed by atoms with Crippen LogP contribution in [0.2, 0.25) is 0 Å². The normalized spacial score (nSPS) is 21.0. The van der Waals surface area contributed by atoms with Gasteiger partial charge in [0.1, 0.15) is 0 Å². The van der Waals surface area contributed by atoms with Crippen molar-refractivity contribution in [2.45, 2.75) is 26.2 Å². The summed E-state index contributed by atoms with van der Waals surface area (Å²) in [7, 11) is 0. The minimum atomic E-state index is -0.951. The quantitative estimate of drug-likeness (QED) is 0.653. The summed E-state index contributed by atoms with van der Waals surface area (Å²) in [6.07, 6.45) is 1.77. The molecule has 7 heteroatoms. The van der Waals surface area contributed by atoms with Gasteiger partial charge in [0.25, 0.3) is 5.69 Å². The Morgan fingerprint density at radius 1 is 1.33 bits per heavy atom. The highest BCUT2D eigenvalue weighted by molar-refractivity contribution is 5.95. The smallest absolute Gasteiger partial charge is 0.307 e. The third-order valence-electron chi connectivity index (χ3n) is 3.83. The number of benzene rings is 1. The summed E-state index contributed by atoms with van der Waals surface area (Å²) in [6, 6.07) is 4.29. The molecule has 0 heterocycles. The number of carboxylic acid groups (broad SMARTS) is 1. The summed E-state index contributed by atoms with van der Waals surface area (Å²) in [5.41, 5.74) is 0.871. The summed E-state index contributed by atoms with van der Waals surface area (Å²) in [4.78, 5) is 33.5. The van der Waals surface area contributed by atoms with Gasteiger partial charge in [-0.1, -0.05) is 6.42 Å². The van der Waals surface area contributed by atoms with E-state index in [1.165, 1.54) is 18.2 Å². The SMILES string of the molecule is Cc1cc(NC(=O)[C@@H]2CCC[C@@H]2C(=O)O)ccc1[N+](=O)[O-]. The lowest BCUT2D eigenvalue weighted by Gasteiger charge is -2.15. The van der Waals surface area contributed by atoms with Crippen LogP contribution in [0.5, 0.6) is 0 Å². The molecule has 1 aliphatic rings. The van der Waals surface area contributed by atoms with Gasteiger partial charge >= 0.3 is 5.97 Å². The highest BCUT2D eigenvalue weighted by Gasteiger charge is 2.37. The molecule has 1 aliphatic carbocycles. The Kier molecular flexibility index (Phi) is 4.21. The lowest BCUT2D eigenvalue weighted by atomic mass is 9.95. The first-order valence-electron chi connectivity index (χ1n) is 6.69. The fraction of sp³-hybridized carbons (Fsp3) is 0.429. The number of nitro benzene ring substituents is 1. The molecule has 0 aliphatic heterocycles. The zero-order valence-corrected chi connectivity index (χ0v) is 11.5. The maximum absolute atomic E-state index is 12.2. The van der Waals surface area contributed by atoms with Crippen molar-refractivity contribution in [1.29, 1.82) is 0 Å². The van der Waals surface area contributed by atoms with E-state index in [4.69, 9.17) is 5.11 Å². The number of rotatable bonds is 4. The molecule has 2 atom stereocenters. The Labute approximate surface area is 121 Å². The number of aliphatic carboxylic acids is 1. The summed E-state index contributed by atoms with van der Waals surface area (Å²) in [5.74, 6) is -2.48. The van der Waals surface area contributed by atoms with Gasteiger partial charge < -0.3 is 10.4 Å². The van der Waals surface area contributed by atoms with Gasteiger partial charge in [-0.3, -0.25) is 19.7 Å². The van der Waals surface area contributed by atoms with E-state index in [2.05, 4.69) is 5.32 Å². The molecule has 1 saturated carbocycles. The zero-order chi connectivity index (χ0) is 15.6. The summed E-state index contributed by atoms with van der Waals surface area (Å²) in [5, 5.41) is 22.5. The molecule has 112 valence electrons.